The zero-order chi connectivity index (χ0) is 48.6. The molecule has 0 bridgehead atoms. The van der Waals surface area contributed by atoms with E-state index in [0.717, 1.165) is 57.6 Å². The maximum Gasteiger partial charge on any atom is 0.357 e. The molecule has 2 aromatic heterocycles. The van der Waals surface area contributed by atoms with Crippen molar-refractivity contribution >= 4 is 58.1 Å². The number of amides is 1. The number of benzene rings is 5. The number of hydrogen-bond acceptors (Lipinski definition) is 13. The van der Waals surface area contributed by atoms with Crippen LogP contribution in [0.1, 0.15) is 37.7 Å². The second kappa shape index (κ2) is 32.3. The summed E-state index contributed by atoms with van der Waals surface area (Å²) in [5.74, 6) is -1.43. The number of nitrogens with zero attached hydrogens (tertiary/aromatic N) is 7. The van der Waals surface area contributed by atoms with Crippen molar-refractivity contribution < 1.29 is 50.6 Å². The van der Waals surface area contributed by atoms with Crippen LogP contribution in [-0.2, 0) is 24.1 Å². The summed E-state index contributed by atoms with van der Waals surface area (Å²) in [5, 5.41) is 37.5. The quantitative estimate of drug-likeness (QED) is 0.0822. The minimum Gasteiger partial charge on any atom is -0.476 e. The molecule has 1 amide bonds. The van der Waals surface area contributed by atoms with Crippen LogP contribution in [-0.4, -0.2) is 70.6 Å². The first-order chi connectivity index (χ1) is 31.9. The molecule has 332 valence electrons. The molecule has 0 saturated carbocycles. The Bertz CT molecular complexity index is 2600. The monoisotopic (exact) mass is 1160 g/mol. The first-order valence-corrected chi connectivity index (χ1v) is 24.7. The van der Waals surface area contributed by atoms with Crippen LogP contribution < -0.4 is 11.1 Å². The molecular weight excluding hydrogens is 1110 g/mol. The maximum atomic E-state index is 12.5. The smallest absolute Gasteiger partial charge is 0.357 e. The third-order valence-corrected chi connectivity index (χ3v) is 9.92. The number of aldehydes is 1. The molecule has 7 aromatic rings. The van der Waals surface area contributed by atoms with Crippen LogP contribution in [0.4, 0.5) is 0 Å². The molecule has 2 atom stereocenters. The van der Waals surface area contributed by atoms with E-state index in [2.05, 4.69) is 42.9 Å². The van der Waals surface area contributed by atoms with Crippen molar-refractivity contribution in [3.05, 3.63) is 180 Å². The minimum atomic E-state index is -1.33. The number of nitrogens with one attached hydrogen (secondary N) is 1. The van der Waals surface area contributed by atoms with Gasteiger partial charge in [-0.15, -0.1) is 0 Å². The number of aromatic carboxylic acids is 1. The number of carboxylic acids is 1. The van der Waals surface area contributed by atoms with E-state index in [0.29, 0.717) is 30.7 Å². The van der Waals surface area contributed by atoms with Crippen molar-refractivity contribution in [3.8, 4) is 40.3 Å². The largest absolute Gasteiger partial charge is 0.476 e. The Morgan fingerprint density at radius 3 is 1.44 bits per heavy atom. The van der Waals surface area contributed by atoms with Crippen molar-refractivity contribution in [1.82, 2.24) is 22.8 Å². The van der Waals surface area contributed by atoms with Crippen molar-refractivity contribution in [2.45, 2.75) is 51.0 Å². The van der Waals surface area contributed by atoms with Crippen LogP contribution in [0.25, 0.3) is 22.5 Å². The topological polar surface area (TPSA) is 232 Å². The number of hydrogen-bond donors (Lipinski definition) is 3. The van der Waals surface area contributed by atoms with Gasteiger partial charge in [0.1, 0.15) is 23.7 Å². The molecule has 13 nitrogen and oxygen atoms in total. The van der Waals surface area contributed by atoms with Gasteiger partial charge < -0.3 is 21.0 Å². The summed E-state index contributed by atoms with van der Waals surface area (Å²) < 4.78 is 21.2. The van der Waals surface area contributed by atoms with E-state index in [-0.39, 0.29) is 54.5 Å². The molecule has 0 aliphatic rings. The summed E-state index contributed by atoms with van der Waals surface area (Å²) in [6.45, 7) is 6.06. The fraction of sp³-hybridized carbons (Fsp3) is 0.167. The average molecular weight is 1160 g/mol. The molecule has 0 spiro atoms. The van der Waals surface area contributed by atoms with Crippen LogP contribution >= 0.6 is 23.5 Å². The number of carbonyl (C=O) groups is 3. The predicted octanol–water partition coefficient (Wildman–Crippen LogP) is 8.22. The van der Waals surface area contributed by atoms with E-state index in [9.17, 15) is 19.6 Å². The molecule has 18 heteroatoms. The van der Waals surface area contributed by atoms with Crippen LogP contribution in [0.2, 0.25) is 19.6 Å². The summed E-state index contributed by atoms with van der Waals surface area (Å²) >= 11 is 1.89. The van der Waals surface area contributed by atoms with Gasteiger partial charge in [0.25, 0.3) is 5.91 Å². The maximum absolute atomic E-state index is 12.5. The molecule has 66 heavy (non-hydrogen) atoms. The molecule has 2 unspecified atom stereocenters. The number of carbonyl (C=O) groups excluding carboxylic acids is 2. The number of nitrogens with two attached hydrogens (primary N) is 1. The van der Waals surface area contributed by atoms with E-state index in [1.165, 1.54) is 0 Å². The molecule has 4 N–H and O–H groups in total. The summed E-state index contributed by atoms with van der Waals surface area (Å²) in [6, 6.07) is 50.7. The van der Waals surface area contributed by atoms with Gasteiger partial charge in [-0.1, -0.05) is 171 Å². The number of aromatic nitrogens is 4. The van der Waals surface area contributed by atoms with Gasteiger partial charge in [0.05, 0.1) is 41.6 Å². The molecule has 2 heterocycles. The van der Waals surface area contributed by atoms with E-state index in [1.54, 1.807) is 0 Å². The fourth-order valence-electron chi connectivity index (χ4n) is 5.07. The van der Waals surface area contributed by atoms with Crippen LogP contribution in [0, 0.1) is 64.7 Å². The molecule has 5 aromatic carbocycles. The average Bonchev–Trinajstić information content (AvgIpc) is 4.06. The van der Waals surface area contributed by atoms with Gasteiger partial charge in [-0.2, -0.15) is 28.0 Å². The zero-order valence-corrected chi connectivity index (χ0v) is 43.4. The van der Waals surface area contributed by atoms with E-state index < -0.39 is 20.1 Å². The SMILES string of the molecule is C[Si](C)(C)C#N.N#CC(Cc1ccccc1)NC(=O)c1nsnc1-c1ccccc1.N#CC(N)Cc1ccccc1.O=C(O)c1nsnc1-c1ccccc1.O=CCc1ccccc1.[3H][B].[U]. The Balaban J connectivity index is 0.000000448. The Morgan fingerprint density at radius 2 is 1.06 bits per heavy atom. The van der Waals surface area contributed by atoms with Gasteiger partial charge in [-0.3, -0.25) is 4.79 Å². The molecular formula is C48H48BN9O4S2SiU. The Morgan fingerprint density at radius 1 is 0.682 bits per heavy atom. The van der Waals surface area contributed by atoms with Gasteiger partial charge in [0, 0.05) is 75.6 Å². The fourth-order valence-corrected chi connectivity index (χ4v) is 6.19. The molecule has 2 radical (unpaired) electrons. The van der Waals surface area contributed by atoms with Crippen molar-refractivity contribution in [2.24, 2.45) is 5.73 Å². The Kier molecular flexibility index (Phi) is 27.3. The molecule has 0 aliphatic heterocycles. The third kappa shape index (κ3) is 22.0. The van der Waals surface area contributed by atoms with Crippen molar-refractivity contribution in [1.29, 1.82) is 17.1 Å². The van der Waals surface area contributed by atoms with Gasteiger partial charge in [-0.05, 0) is 18.0 Å². The van der Waals surface area contributed by atoms with Gasteiger partial charge in [0.15, 0.2) is 19.5 Å². The van der Waals surface area contributed by atoms with Crippen molar-refractivity contribution in [2.75, 3.05) is 0 Å². The summed E-state index contributed by atoms with van der Waals surface area (Å²) in [5.41, 5.74) is 13.7. The van der Waals surface area contributed by atoms with E-state index in [4.69, 9.17) is 22.7 Å². The number of carboxylic acid groups (broad SMARTS) is 1. The second-order valence-corrected chi connectivity index (χ2v) is 20.2. The normalized spacial score (nSPS) is 10.5. The second-order valence-electron chi connectivity index (χ2n) is 14.4. The van der Waals surface area contributed by atoms with Crippen LogP contribution in [0.5, 0.6) is 0 Å². The zero-order valence-electron chi connectivity index (χ0n) is 37.6. The summed E-state index contributed by atoms with van der Waals surface area (Å²) in [4.78, 5) is 33.2. The van der Waals surface area contributed by atoms with Crippen molar-refractivity contribution in [3.63, 3.8) is 0 Å². The molecule has 0 aliphatic carbocycles. The van der Waals surface area contributed by atoms with E-state index in [1.807, 2.05) is 177 Å². The molecule has 7 rings (SSSR count). The molecule has 0 saturated heterocycles. The first-order valence-electron chi connectivity index (χ1n) is 20.3. The summed E-state index contributed by atoms with van der Waals surface area (Å²) in [6.07, 6.45) is 2.52. The predicted molar refractivity (Wildman–Crippen MR) is 261 cm³/mol. The van der Waals surface area contributed by atoms with Crippen LogP contribution in [0.3, 0.4) is 0 Å². The Labute approximate surface area is 422 Å². The number of nitriles is 3. The van der Waals surface area contributed by atoms with Gasteiger partial charge >= 0.3 is 5.97 Å². The summed E-state index contributed by atoms with van der Waals surface area (Å²) in [7, 11) is 2.42. The van der Waals surface area contributed by atoms with Crippen LogP contribution in [0.15, 0.2) is 152 Å². The van der Waals surface area contributed by atoms with E-state index >= 15 is 0 Å². The molecule has 0 fully saturated rings. The first kappa shape index (κ1) is 55.7. The van der Waals surface area contributed by atoms with Gasteiger partial charge in [-0.25, -0.2) is 10.1 Å². The van der Waals surface area contributed by atoms with Gasteiger partial charge in [0.2, 0.25) is 0 Å². The number of rotatable bonds is 11. The Hall–Kier alpha value is -6.41. The standard InChI is InChI=1S/C18H14N4OS.C9H6N2O2S.C9H10N2.C8H8O.C4H9NSi.BH.U/c19-12-15(11-13-7-3-1-4-8-13)20-18(23)17-16(21-24-22-17)14-9-5-2-6-10-14;12-9(13)8-7(10-14-11-8)6-4-2-1-3-5-6;10-7-9(11)6-8-4-2-1-3-5-8;9-7-6-8-4-2-1-3-5-8;1-6(2,3)4-5;;/h1-10,15H,11H2,(H,20,23);1-5H,(H,12,13);1-5,9H,6,11H2;1-5,7H,6H2;1-3H3;1H;/i;;;;;1T;. The third-order valence-electron chi connectivity index (χ3n) is 8.19. The minimum absolute atomic E-state index is 0.